The summed E-state index contributed by atoms with van der Waals surface area (Å²) >= 11 is 0. The lowest BCUT2D eigenvalue weighted by Crippen LogP contribution is -2.49. The van der Waals surface area contributed by atoms with Crippen LogP contribution in [0.3, 0.4) is 0 Å². The van der Waals surface area contributed by atoms with E-state index in [1.54, 1.807) is 6.07 Å². The SMILES string of the molecule is CC(C)(C)C1Cc2cc(NC(=O)C3(c4ccc5c(c4)OCO5)CC3)c(F)cc2N1C1CCOCC1. The molecule has 1 atom stereocenters. The van der Waals surface area contributed by atoms with Gasteiger partial charge < -0.3 is 24.4 Å². The highest BCUT2D eigenvalue weighted by molar-refractivity contribution is 6.02. The molecule has 1 saturated carbocycles. The van der Waals surface area contributed by atoms with Gasteiger partial charge in [0.05, 0.1) is 11.1 Å². The van der Waals surface area contributed by atoms with E-state index in [4.69, 9.17) is 14.2 Å². The minimum absolute atomic E-state index is 0.0363. The lowest BCUT2D eigenvalue weighted by atomic mass is 9.83. The number of halogens is 1. The summed E-state index contributed by atoms with van der Waals surface area (Å²) in [7, 11) is 0. The summed E-state index contributed by atoms with van der Waals surface area (Å²) < 4.78 is 32.0. The molecule has 1 unspecified atom stereocenters. The molecular formula is C28H33FN2O4. The molecule has 0 spiro atoms. The predicted octanol–water partition coefficient (Wildman–Crippen LogP) is 5.18. The normalized spacial score (nSPS) is 22.7. The molecule has 186 valence electrons. The lowest BCUT2D eigenvalue weighted by molar-refractivity contribution is -0.118. The zero-order valence-corrected chi connectivity index (χ0v) is 20.7. The number of benzene rings is 2. The average molecular weight is 481 g/mol. The van der Waals surface area contributed by atoms with Crippen LogP contribution in [0.4, 0.5) is 15.8 Å². The van der Waals surface area contributed by atoms with Crippen LogP contribution in [-0.2, 0) is 21.4 Å². The summed E-state index contributed by atoms with van der Waals surface area (Å²) in [5.74, 6) is 0.802. The first-order chi connectivity index (χ1) is 16.8. The van der Waals surface area contributed by atoms with Crippen LogP contribution < -0.4 is 19.7 Å². The van der Waals surface area contributed by atoms with Crippen molar-refractivity contribution in [3.05, 3.63) is 47.3 Å². The Hall–Kier alpha value is -2.80. The first kappa shape index (κ1) is 22.7. The van der Waals surface area contributed by atoms with Crippen molar-refractivity contribution in [1.82, 2.24) is 0 Å². The zero-order chi connectivity index (χ0) is 24.4. The molecule has 1 N–H and O–H groups in total. The van der Waals surface area contributed by atoms with E-state index in [0.717, 1.165) is 62.1 Å². The largest absolute Gasteiger partial charge is 0.454 e. The van der Waals surface area contributed by atoms with Crippen molar-refractivity contribution in [1.29, 1.82) is 0 Å². The van der Waals surface area contributed by atoms with Gasteiger partial charge in [-0.1, -0.05) is 26.8 Å². The number of fused-ring (bicyclic) bond motifs is 2. The second kappa shape index (κ2) is 8.12. The molecular weight excluding hydrogens is 447 g/mol. The van der Waals surface area contributed by atoms with Gasteiger partial charge in [0.1, 0.15) is 5.82 Å². The number of amides is 1. The highest BCUT2D eigenvalue weighted by atomic mass is 19.1. The third kappa shape index (κ3) is 3.84. The molecule has 1 aliphatic carbocycles. The van der Waals surface area contributed by atoms with Gasteiger partial charge in [-0.05, 0) is 72.9 Å². The van der Waals surface area contributed by atoms with Crippen molar-refractivity contribution in [3.8, 4) is 11.5 Å². The number of ether oxygens (including phenoxy) is 3. The summed E-state index contributed by atoms with van der Waals surface area (Å²) in [6, 6.07) is 9.75. The molecule has 6 nitrogen and oxygen atoms in total. The Morgan fingerprint density at radius 2 is 1.83 bits per heavy atom. The number of carbonyl (C=O) groups is 1. The topological polar surface area (TPSA) is 60.0 Å². The van der Waals surface area contributed by atoms with Crippen molar-refractivity contribution in [2.75, 3.05) is 30.2 Å². The lowest BCUT2D eigenvalue weighted by Gasteiger charge is -2.43. The van der Waals surface area contributed by atoms with Gasteiger partial charge in [0, 0.05) is 31.0 Å². The molecule has 2 aromatic carbocycles. The Bertz CT molecular complexity index is 1160. The minimum atomic E-state index is -0.644. The standard InChI is InChI=1S/C28H33FN2O4/c1-27(2,3)25-13-17-12-21(20(29)15-22(17)31(25)19-6-10-33-11-7-19)30-26(32)28(8-9-28)18-4-5-23-24(14-18)35-16-34-23/h4-5,12,14-15,19,25H,6-11,13,16H2,1-3H3,(H,30,32). The number of carbonyl (C=O) groups excluding carboxylic acids is 1. The van der Waals surface area contributed by atoms with Gasteiger partial charge in [-0.2, -0.15) is 0 Å². The average Bonchev–Trinajstić information content (AvgIpc) is 3.36. The van der Waals surface area contributed by atoms with E-state index in [1.807, 2.05) is 24.3 Å². The van der Waals surface area contributed by atoms with Crippen LogP contribution in [0.5, 0.6) is 11.5 Å². The zero-order valence-electron chi connectivity index (χ0n) is 20.7. The molecule has 0 bridgehead atoms. The van der Waals surface area contributed by atoms with Gasteiger partial charge in [-0.15, -0.1) is 0 Å². The van der Waals surface area contributed by atoms with Crippen molar-refractivity contribution >= 4 is 17.3 Å². The van der Waals surface area contributed by atoms with Crippen LogP contribution in [-0.4, -0.2) is 38.0 Å². The molecule has 2 fully saturated rings. The molecule has 2 aromatic rings. The van der Waals surface area contributed by atoms with E-state index in [9.17, 15) is 4.79 Å². The molecule has 0 aromatic heterocycles. The summed E-state index contributed by atoms with van der Waals surface area (Å²) in [5.41, 5.74) is 2.61. The Kier molecular flexibility index (Phi) is 5.25. The second-order valence-electron chi connectivity index (χ2n) is 11.4. The van der Waals surface area contributed by atoms with Crippen LogP contribution in [0, 0.1) is 11.2 Å². The Morgan fingerprint density at radius 1 is 1.09 bits per heavy atom. The van der Waals surface area contributed by atoms with E-state index < -0.39 is 5.41 Å². The van der Waals surface area contributed by atoms with Gasteiger partial charge >= 0.3 is 0 Å². The number of nitrogens with zero attached hydrogens (tertiary/aromatic N) is 1. The first-order valence-electron chi connectivity index (χ1n) is 12.7. The fraction of sp³-hybridized carbons (Fsp3) is 0.536. The van der Waals surface area contributed by atoms with E-state index in [1.165, 1.54) is 0 Å². The Labute approximate surface area is 205 Å². The Morgan fingerprint density at radius 3 is 2.54 bits per heavy atom. The van der Waals surface area contributed by atoms with Gasteiger partial charge in [0.15, 0.2) is 11.5 Å². The smallest absolute Gasteiger partial charge is 0.235 e. The molecule has 1 amide bonds. The summed E-state index contributed by atoms with van der Waals surface area (Å²) in [6.07, 6.45) is 4.20. The van der Waals surface area contributed by atoms with Gasteiger partial charge in [0.2, 0.25) is 12.7 Å². The highest BCUT2D eigenvalue weighted by Crippen LogP contribution is 2.51. The highest BCUT2D eigenvalue weighted by Gasteiger charge is 2.52. The van der Waals surface area contributed by atoms with Gasteiger partial charge in [-0.3, -0.25) is 4.79 Å². The number of nitrogens with one attached hydrogen (secondary N) is 1. The summed E-state index contributed by atoms with van der Waals surface area (Å²) in [4.78, 5) is 15.8. The van der Waals surface area contributed by atoms with Gasteiger partial charge in [0.25, 0.3) is 0 Å². The Balaban J connectivity index is 1.28. The fourth-order valence-electron chi connectivity index (χ4n) is 5.93. The maximum absolute atomic E-state index is 15.5. The maximum Gasteiger partial charge on any atom is 0.235 e. The van der Waals surface area contributed by atoms with E-state index in [-0.39, 0.29) is 35.7 Å². The molecule has 0 radical (unpaired) electrons. The van der Waals surface area contributed by atoms with Crippen LogP contribution in [0.1, 0.15) is 57.6 Å². The summed E-state index contributed by atoms with van der Waals surface area (Å²) in [5, 5.41) is 2.93. The van der Waals surface area contributed by atoms with Crippen LogP contribution in [0.2, 0.25) is 0 Å². The third-order valence-corrected chi connectivity index (χ3v) is 8.14. The van der Waals surface area contributed by atoms with E-state index >= 15 is 4.39 Å². The molecule has 6 rings (SSSR count). The van der Waals surface area contributed by atoms with E-state index in [2.05, 4.69) is 31.0 Å². The molecule has 35 heavy (non-hydrogen) atoms. The van der Waals surface area contributed by atoms with Crippen LogP contribution in [0.25, 0.3) is 0 Å². The number of anilines is 2. The molecule has 3 aliphatic heterocycles. The number of hydrogen-bond acceptors (Lipinski definition) is 5. The predicted molar refractivity (Wildman–Crippen MR) is 132 cm³/mol. The first-order valence-corrected chi connectivity index (χ1v) is 12.7. The van der Waals surface area contributed by atoms with Gasteiger partial charge in [-0.25, -0.2) is 4.39 Å². The van der Waals surface area contributed by atoms with Crippen LogP contribution >= 0.6 is 0 Å². The van der Waals surface area contributed by atoms with Crippen molar-refractivity contribution < 1.29 is 23.4 Å². The third-order valence-electron chi connectivity index (χ3n) is 8.14. The quantitative estimate of drug-likeness (QED) is 0.653. The molecule has 3 heterocycles. The van der Waals surface area contributed by atoms with Crippen molar-refractivity contribution in [2.24, 2.45) is 5.41 Å². The van der Waals surface area contributed by atoms with E-state index in [0.29, 0.717) is 17.5 Å². The number of hydrogen-bond donors (Lipinski definition) is 1. The maximum atomic E-state index is 15.5. The molecule has 1 saturated heterocycles. The van der Waals surface area contributed by atoms with Crippen molar-refractivity contribution in [3.63, 3.8) is 0 Å². The van der Waals surface area contributed by atoms with Crippen LogP contribution in [0.15, 0.2) is 30.3 Å². The monoisotopic (exact) mass is 480 g/mol. The molecule has 4 aliphatic rings. The number of rotatable bonds is 4. The second-order valence-corrected chi connectivity index (χ2v) is 11.4. The van der Waals surface area contributed by atoms with Crippen molar-refractivity contribution in [2.45, 2.75) is 70.4 Å². The fourth-order valence-corrected chi connectivity index (χ4v) is 5.93. The molecule has 7 heteroatoms. The minimum Gasteiger partial charge on any atom is -0.454 e. The summed E-state index contributed by atoms with van der Waals surface area (Å²) in [6.45, 7) is 8.42.